The summed E-state index contributed by atoms with van der Waals surface area (Å²) in [5, 5.41) is 1.16. The molecule has 1 heterocycles. The van der Waals surface area contributed by atoms with Crippen LogP contribution in [0.1, 0.15) is 23.7 Å². The van der Waals surface area contributed by atoms with Gasteiger partial charge in [0.1, 0.15) is 0 Å². The van der Waals surface area contributed by atoms with Crippen LogP contribution in [0, 0.1) is 19.3 Å². The quantitative estimate of drug-likeness (QED) is 0.477. The number of nitrogens with two attached hydrogens (primary N) is 1. The van der Waals surface area contributed by atoms with Gasteiger partial charge in [-0.25, -0.2) is 0 Å². The van der Waals surface area contributed by atoms with Crippen molar-refractivity contribution in [3.63, 3.8) is 0 Å². The predicted octanol–water partition coefficient (Wildman–Crippen LogP) is 2.07. The van der Waals surface area contributed by atoms with Gasteiger partial charge in [-0.15, -0.1) is 12.3 Å². The maximum absolute atomic E-state index is 5.50. The minimum absolute atomic E-state index is 0.0942. The number of hydrazine groups is 1. The van der Waals surface area contributed by atoms with Crippen molar-refractivity contribution >= 4 is 10.9 Å². The molecule has 0 bridgehead atoms. The van der Waals surface area contributed by atoms with E-state index >= 15 is 0 Å². The average molecular weight is 225 g/mol. The second-order valence-electron chi connectivity index (χ2n) is 4.01. The van der Waals surface area contributed by atoms with Crippen LogP contribution in [0.3, 0.4) is 0 Å². The molecule has 3 nitrogen and oxygen atoms in total. The third-order valence-corrected chi connectivity index (χ3v) is 2.82. The molecule has 2 rings (SSSR count). The second-order valence-corrected chi connectivity index (χ2v) is 4.01. The van der Waals surface area contributed by atoms with Crippen LogP contribution in [0.15, 0.2) is 30.3 Å². The highest BCUT2D eigenvalue weighted by Gasteiger charge is 2.11. The van der Waals surface area contributed by atoms with E-state index in [1.807, 2.05) is 24.3 Å². The van der Waals surface area contributed by atoms with E-state index in [0.717, 1.165) is 16.6 Å². The summed E-state index contributed by atoms with van der Waals surface area (Å²) >= 11 is 0. The Labute approximate surface area is 101 Å². The average Bonchev–Trinajstić information content (AvgIpc) is 2.36. The first-order valence-corrected chi connectivity index (χ1v) is 5.52. The minimum Gasteiger partial charge on any atom is -0.271 e. The zero-order valence-corrected chi connectivity index (χ0v) is 9.77. The third kappa shape index (κ3) is 2.28. The normalized spacial score (nSPS) is 12.3. The number of fused-ring (bicyclic) bond motifs is 1. The SMILES string of the molecule is C#CCC(NN)c1cc(C)c2ccccc2n1. The van der Waals surface area contributed by atoms with E-state index in [2.05, 4.69) is 29.3 Å². The Morgan fingerprint density at radius 3 is 2.94 bits per heavy atom. The van der Waals surface area contributed by atoms with Crippen LogP contribution < -0.4 is 11.3 Å². The Bertz CT molecular complexity index is 569. The predicted molar refractivity (Wildman–Crippen MR) is 70.0 cm³/mol. The highest BCUT2D eigenvalue weighted by Crippen LogP contribution is 2.21. The molecular formula is C14H15N3. The van der Waals surface area contributed by atoms with Crippen molar-refractivity contribution < 1.29 is 0 Å². The molecule has 0 aliphatic heterocycles. The molecule has 0 radical (unpaired) electrons. The molecule has 1 atom stereocenters. The topological polar surface area (TPSA) is 50.9 Å². The lowest BCUT2D eigenvalue weighted by Crippen LogP contribution is -2.28. The summed E-state index contributed by atoms with van der Waals surface area (Å²) in [6.45, 7) is 2.07. The van der Waals surface area contributed by atoms with Gasteiger partial charge in [-0.1, -0.05) is 18.2 Å². The monoisotopic (exact) mass is 225 g/mol. The maximum atomic E-state index is 5.50. The molecule has 3 N–H and O–H groups in total. The standard InChI is InChI=1S/C14H15N3/c1-3-6-13(17-15)14-9-10(2)11-7-4-5-8-12(11)16-14/h1,4-5,7-9,13,17H,6,15H2,2H3. The van der Waals surface area contributed by atoms with Crippen molar-refractivity contribution in [1.82, 2.24) is 10.4 Å². The molecule has 3 heteroatoms. The van der Waals surface area contributed by atoms with Gasteiger partial charge >= 0.3 is 0 Å². The van der Waals surface area contributed by atoms with Gasteiger partial charge in [-0.2, -0.15) is 0 Å². The van der Waals surface area contributed by atoms with E-state index < -0.39 is 0 Å². The Morgan fingerprint density at radius 1 is 1.47 bits per heavy atom. The van der Waals surface area contributed by atoms with Crippen LogP contribution in [-0.4, -0.2) is 4.98 Å². The van der Waals surface area contributed by atoms with Crippen molar-refractivity contribution in [2.45, 2.75) is 19.4 Å². The number of hydrogen-bond acceptors (Lipinski definition) is 3. The summed E-state index contributed by atoms with van der Waals surface area (Å²) in [5.74, 6) is 8.10. The third-order valence-electron chi connectivity index (χ3n) is 2.82. The van der Waals surface area contributed by atoms with Gasteiger partial charge in [0, 0.05) is 11.8 Å². The summed E-state index contributed by atoms with van der Waals surface area (Å²) in [6.07, 6.45) is 5.85. The highest BCUT2D eigenvalue weighted by molar-refractivity contribution is 5.82. The van der Waals surface area contributed by atoms with Gasteiger partial charge in [0.15, 0.2) is 0 Å². The largest absolute Gasteiger partial charge is 0.271 e. The van der Waals surface area contributed by atoms with Crippen molar-refractivity contribution in [2.24, 2.45) is 5.84 Å². The lowest BCUT2D eigenvalue weighted by atomic mass is 10.0. The van der Waals surface area contributed by atoms with E-state index in [0.29, 0.717) is 6.42 Å². The number of para-hydroxylation sites is 1. The van der Waals surface area contributed by atoms with Crippen molar-refractivity contribution in [1.29, 1.82) is 0 Å². The molecule has 0 amide bonds. The number of nitrogens with one attached hydrogen (secondary N) is 1. The van der Waals surface area contributed by atoms with E-state index in [1.54, 1.807) is 0 Å². The fourth-order valence-electron chi connectivity index (χ4n) is 1.92. The molecule has 0 aliphatic carbocycles. The molecule has 1 aromatic heterocycles. The van der Waals surface area contributed by atoms with Crippen molar-refractivity contribution in [3.05, 3.63) is 41.6 Å². The number of terminal acetylenes is 1. The Kier molecular flexibility index (Phi) is 3.38. The molecular weight excluding hydrogens is 210 g/mol. The summed E-state index contributed by atoms with van der Waals surface area (Å²) in [5.41, 5.74) is 5.75. The highest BCUT2D eigenvalue weighted by atomic mass is 15.2. The van der Waals surface area contributed by atoms with Gasteiger partial charge in [0.05, 0.1) is 17.3 Å². The Balaban J connectivity index is 2.53. The number of aryl methyl sites for hydroxylation is 1. The van der Waals surface area contributed by atoms with Crippen molar-refractivity contribution in [3.8, 4) is 12.3 Å². The van der Waals surface area contributed by atoms with Crippen LogP contribution in [0.2, 0.25) is 0 Å². The number of nitrogens with zero attached hydrogens (tertiary/aromatic N) is 1. The number of pyridine rings is 1. The van der Waals surface area contributed by atoms with Crippen LogP contribution in [0.5, 0.6) is 0 Å². The first kappa shape index (κ1) is 11.6. The van der Waals surface area contributed by atoms with Gasteiger partial charge < -0.3 is 0 Å². The van der Waals surface area contributed by atoms with Gasteiger partial charge in [0.2, 0.25) is 0 Å². The number of rotatable bonds is 3. The number of aromatic nitrogens is 1. The molecule has 1 aromatic carbocycles. The zero-order chi connectivity index (χ0) is 12.3. The van der Waals surface area contributed by atoms with Crippen LogP contribution >= 0.6 is 0 Å². The van der Waals surface area contributed by atoms with E-state index in [4.69, 9.17) is 12.3 Å². The summed E-state index contributed by atoms with van der Waals surface area (Å²) in [6, 6.07) is 9.98. The molecule has 0 aliphatic rings. The van der Waals surface area contributed by atoms with E-state index in [1.165, 1.54) is 5.56 Å². The van der Waals surface area contributed by atoms with Crippen LogP contribution in [0.4, 0.5) is 0 Å². The fourth-order valence-corrected chi connectivity index (χ4v) is 1.92. The second kappa shape index (κ2) is 4.96. The lowest BCUT2D eigenvalue weighted by Gasteiger charge is -2.14. The number of benzene rings is 1. The number of hydrogen-bond donors (Lipinski definition) is 2. The first-order chi connectivity index (χ1) is 8.26. The molecule has 1 unspecified atom stereocenters. The molecule has 0 spiro atoms. The van der Waals surface area contributed by atoms with Crippen LogP contribution in [-0.2, 0) is 0 Å². The summed E-state index contributed by atoms with van der Waals surface area (Å²) < 4.78 is 0. The van der Waals surface area contributed by atoms with Gasteiger partial charge in [-0.3, -0.25) is 16.3 Å². The summed E-state index contributed by atoms with van der Waals surface area (Å²) in [7, 11) is 0. The van der Waals surface area contributed by atoms with Crippen LogP contribution in [0.25, 0.3) is 10.9 Å². The van der Waals surface area contributed by atoms with Gasteiger partial charge in [0.25, 0.3) is 0 Å². The van der Waals surface area contributed by atoms with E-state index in [-0.39, 0.29) is 6.04 Å². The fraction of sp³-hybridized carbons (Fsp3) is 0.214. The van der Waals surface area contributed by atoms with Crippen molar-refractivity contribution in [2.75, 3.05) is 0 Å². The minimum atomic E-state index is -0.0942. The Morgan fingerprint density at radius 2 is 2.24 bits per heavy atom. The van der Waals surface area contributed by atoms with E-state index in [9.17, 15) is 0 Å². The Hall–Kier alpha value is -1.89. The lowest BCUT2D eigenvalue weighted by molar-refractivity contribution is 0.555. The molecule has 17 heavy (non-hydrogen) atoms. The molecule has 0 fully saturated rings. The summed E-state index contributed by atoms with van der Waals surface area (Å²) in [4.78, 5) is 4.59. The molecule has 2 aromatic rings. The smallest absolute Gasteiger partial charge is 0.0741 e. The molecule has 0 saturated carbocycles. The molecule has 0 saturated heterocycles. The maximum Gasteiger partial charge on any atom is 0.0741 e. The zero-order valence-electron chi connectivity index (χ0n) is 9.77. The molecule has 86 valence electrons. The first-order valence-electron chi connectivity index (χ1n) is 5.52. The van der Waals surface area contributed by atoms with Gasteiger partial charge in [-0.05, 0) is 24.6 Å².